The van der Waals surface area contributed by atoms with Gasteiger partial charge in [0.25, 0.3) is 0 Å². The third-order valence-corrected chi connectivity index (χ3v) is 6.04. The van der Waals surface area contributed by atoms with Gasteiger partial charge in [0.1, 0.15) is 0 Å². The third kappa shape index (κ3) is 2.64. The van der Waals surface area contributed by atoms with Crippen LogP contribution in [0.25, 0.3) is 5.70 Å². The van der Waals surface area contributed by atoms with Crippen LogP contribution in [0.1, 0.15) is 56.9 Å². The number of nitrogens with zero attached hydrogens (tertiary/aromatic N) is 1. The fourth-order valence-corrected chi connectivity index (χ4v) is 4.56. The lowest BCUT2D eigenvalue weighted by molar-refractivity contribution is -0.156. The number of rotatable bonds is 3. The van der Waals surface area contributed by atoms with Crippen molar-refractivity contribution in [1.82, 2.24) is 10.4 Å². The Morgan fingerprint density at radius 2 is 2.07 bits per heavy atom. The van der Waals surface area contributed by atoms with Gasteiger partial charge in [-0.15, -0.1) is 0 Å². The Balaban J connectivity index is 1.60. The summed E-state index contributed by atoms with van der Waals surface area (Å²) in [5, 5.41) is 2.30. The maximum atomic E-state index is 6.75. The van der Waals surface area contributed by atoms with E-state index in [1.54, 1.807) is 6.26 Å². The average molecular weight is 366 g/mol. The molecule has 5 heteroatoms. The van der Waals surface area contributed by atoms with Crippen LogP contribution in [0.3, 0.4) is 0 Å². The van der Waals surface area contributed by atoms with Crippen molar-refractivity contribution in [2.45, 2.75) is 51.3 Å². The van der Waals surface area contributed by atoms with Gasteiger partial charge in [-0.25, -0.2) is 0 Å². The molecule has 0 radical (unpaired) electrons. The van der Waals surface area contributed by atoms with Crippen molar-refractivity contribution in [3.63, 3.8) is 0 Å². The zero-order valence-corrected chi connectivity index (χ0v) is 15.9. The molecule has 27 heavy (non-hydrogen) atoms. The first kappa shape index (κ1) is 16.8. The second kappa shape index (κ2) is 6.34. The highest BCUT2D eigenvalue weighted by atomic mass is 16.6. The fourth-order valence-electron chi connectivity index (χ4n) is 4.56. The van der Waals surface area contributed by atoms with Crippen LogP contribution in [-0.2, 0) is 0 Å². The van der Waals surface area contributed by atoms with Crippen LogP contribution < -0.4 is 14.9 Å². The summed E-state index contributed by atoms with van der Waals surface area (Å²) in [5.74, 6) is 3.33. The van der Waals surface area contributed by atoms with Crippen LogP contribution in [0, 0.1) is 5.92 Å². The summed E-state index contributed by atoms with van der Waals surface area (Å²) in [6.45, 7) is 4.97. The molecule has 2 aliphatic heterocycles. The highest BCUT2D eigenvalue weighted by Gasteiger charge is 2.52. The van der Waals surface area contributed by atoms with Crippen molar-refractivity contribution in [2.24, 2.45) is 5.92 Å². The van der Waals surface area contributed by atoms with Crippen LogP contribution in [0.15, 0.2) is 47.1 Å². The molecule has 1 aliphatic carbocycles. The van der Waals surface area contributed by atoms with Gasteiger partial charge < -0.3 is 19.3 Å². The minimum atomic E-state index is -0.359. The van der Waals surface area contributed by atoms with Gasteiger partial charge in [-0.05, 0) is 50.0 Å². The summed E-state index contributed by atoms with van der Waals surface area (Å²) < 4.78 is 18.3. The quantitative estimate of drug-likeness (QED) is 0.839. The van der Waals surface area contributed by atoms with Gasteiger partial charge in [0.15, 0.2) is 23.0 Å². The number of ether oxygens (including phenoxy) is 2. The Labute approximate surface area is 159 Å². The first-order valence-electron chi connectivity index (χ1n) is 9.96. The number of hydrogen-bond acceptors (Lipinski definition) is 5. The van der Waals surface area contributed by atoms with E-state index in [9.17, 15) is 0 Å². The normalized spacial score (nSPS) is 29.5. The van der Waals surface area contributed by atoms with Gasteiger partial charge in [0, 0.05) is 18.4 Å². The monoisotopic (exact) mass is 366 g/mol. The highest BCUT2D eigenvalue weighted by molar-refractivity contribution is 5.65. The molecule has 1 saturated carbocycles. The summed E-state index contributed by atoms with van der Waals surface area (Å²) >= 11 is 0. The molecule has 5 nitrogen and oxygen atoms in total. The predicted octanol–water partition coefficient (Wildman–Crippen LogP) is 4.88. The summed E-state index contributed by atoms with van der Waals surface area (Å²) in [5.41, 5.74) is 5.38. The van der Waals surface area contributed by atoms with Crippen LogP contribution in [0.4, 0.5) is 0 Å². The lowest BCUT2D eigenvalue weighted by Crippen LogP contribution is -2.60. The molecule has 1 fully saturated rings. The standard InChI is InChI=1S/C22H26N2O3/c1-3-25-20-7-4-6-16-18-14-17(19-8-5-13-26-19)23-24(18)22(27-21(16)20)11-9-15(2)10-12-22/h4-8,13-15,18,23H,3,9-12H2,1-2H3. The molecule has 1 aromatic carbocycles. The maximum Gasteiger partial charge on any atom is 0.180 e. The Bertz CT molecular complexity index is 850. The van der Waals surface area contributed by atoms with E-state index in [-0.39, 0.29) is 11.8 Å². The Morgan fingerprint density at radius 1 is 1.22 bits per heavy atom. The van der Waals surface area contributed by atoms with E-state index in [4.69, 9.17) is 13.9 Å². The molecule has 1 aromatic heterocycles. The molecule has 1 unspecified atom stereocenters. The van der Waals surface area contributed by atoms with E-state index in [1.807, 2.05) is 31.2 Å². The molecular formula is C22H26N2O3. The van der Waals surface area contributed by atoms with E-state index in [1.165, 1.54) is 0 Å². The molecule has 0 bridgehead atoms. The molecule has 3 aliphatic rings. The van der Waals surface area contributed by atoms with Crippen molar-refractivity contribution >= 4 is 5.70 Å². The van der Waals surface area contributed by atoms with Crippen molar-refractivity contribution in [1.29, 1.82) is 0 Å². The second-order valence-electron chi connectivity index (χ2n) is 7.82. The zero-order valence-electron chi connectivity index (χ0n) is 15.9. The van der Waals surface area contributed by atoms with E-state index in [2.05, 4.69) is 29.5 Å². The van der Waals surface area contributed by atoms with Gasteiger partial charge in [-0.2, -0.15) is 5.01 Å². The van der Waals surface area contributed by atoms with Crippen molar-refractivity contribution in [3.05, 3.63) is 54.0 Å². The molecule has 3 heterocycles. The van der Waals surface area contributed by atoms with Gasteiger partial charge >= 0.3 is 0 Å². The van der Waals surface area contributed by atoms with Crippen LogP contribution in [-0.4, -0.2) is 17.3 Å². The summed E-state index contributed by atoms with van der Waals surface area (Å²) in [6.07, 6.45) is 8.27. The topological polar surface area (TPSA) is 46.9 Å². The van der Waals surface area contributed by atoms with Crippen molar-refractivity contribution in [2.75, 3.05) is 6.61 Å². The largest absolute Gasteiger partial charge is 0.490 e. The fraction of sp³-hybridized carbons (Fsp3) is 0.455. The Morgan fingerprint density at radius 3 is 2.81 bits per heavy atom. The summed E-state index contributed by atoms with van der Waals surface area (Å²) in [6, 6.07) is 10.2. The number of furan rings is 1. The number of para-hydroxylation sites is 1. The van der Waals surface area contributed by atoms with Crippen molar-refractivity contribution < 1.29 is 13.9 Å². The number of nitrogens with one attached hydrogen (secondary N) is 1. The lowest BCUT2D eigenvalue weighted by atomic mass is 9.82. The Hall–Kier alpha value is -2.40. The second-order valence-corrected chi connectivity index (χ2v) is 7.82. The van der Waals surface area contributed by atoms with Crippen LogP contribution >= 0.6 is 0 Å². The zero-order chi connectivity index (χ0) is 18.4. The molecule has 0 saturated heterocycles. The Kier molecular flexibility index (Phi) is 3.93. The average Bonchev–Trinajstić information content (AvgIpc) is 3.35. The SMILES string of the molecule is CCOc1cccc2c1OC1(CCC(C)CC1)N1NC(c3ccco3)=CC21. The van der Waals surface area contributed by atoms with E-state index in [0.717, 1.165) is 60.1 Å². The molecule has 0 amide bonds. The lowest BCUT2D eigenvalue weighted by Gasteiger charge is -2.51. The number of hydrazine groups is 1. The smallest absolute Gasteiger partial charge is 0.180 e. The molecule has 2 aromatic rings. The molecule has 1 atom stereocenters. The highest BCUT2D eigenvalue weighted by Crippen LogP contribution is 2.53. The predicted molar refractivity (Wildman–Crippen MR) is 103 cm³/mol. The summed E-state index contributed by atoms with van der Waals surface area (Å²) in [7, 11) is 0. The van der Waals surface area contributed by atoms with Gasteiger partial charge in [-0.3, -0.25) is 0 Å². The van der Waals surface area contributed by atoms with Crippen LogP contribution in [0.2, 0.25) is 0 Å². The van der Waals surface area contributed by atoms with E-state index >= 15 is 0 Å². The van der Waals surface area contributed by atoms with E-state index in [0.29, 0.717) is 6.61 Å². The first-order chi connectivity index (χ1) is 13.2. The van der Waals surface area contributed by atoms with Gasteiger partial charge in [0.2, 0.25) is 0 Å². The molecule has 5 rings (SSSR count). The first-order valence-corrected chi connectivity index (χ1v) is 9.96. The van der Waals surface area contributed by atoms with Gasteiger partial charge in [-0.1, -0.05) is 19.1 Å². The number of benzene rings is 1. The minimum absolute atomic E-state index is 0.0997. The molecular weight excluding hydrogens is 340 g/mol. The minimum Gasteiger partial charge on any atom is -0.490 e. The van der Waals surface area contributed by atoms with E-state index < -0.39 is 0 Å². The van der Waals surface area contributed by atoms with Crippen molar-refractivity contribution in [3.8, 4) is 11.5 Å². The third-order valence-electron chi connectivity index (χ3n) is 6.04. The van der Waals surface area contributed by atoms with Gasteiger partial charge in [0.05, 0.1) is 24.6 Å². The summed E-state index contributed by atoms with van der Waals surface area (Å²) in [4.78, 5) is 0. The molecule has 1 N–H and O–H groups in total. The number of hydrogen-bond donors (Lipinski definition) is 1. The maximum absolute atomic E-state index is 6.75. The van der Waals surface area contributed by atoms with Crippen LogP contribution in [0.5, 0.6) is 11.5 Å². The molecule has 142 valence electrons. The molecule has 1 spiro atoms. The number of fused-ring (bicyclic) bond motifs is 4.